The lowest BCUT2D eigenvalue weighted by Crippen LogP contribution is -2.48. The minimum atomic E-state index is -3.64. The maximum Gasteiger partial charge on any atom is 0.338 e. The number of hydrogen-bond acceptors (Lipinski definition) is 5. The van der Waals surface area contributed by atoms with E-state index in [1.54, 1.807) is 6.92 Å². The third kappa shape index (κ3) is 4.60. The Labute approximate surface area is 166 Å². The fourth-order valence-electron chi connectivity index (χ4n) is 3.26. The van der Waals surface area contributed by atoms with Gasteiger partial charge in [-0.25, -0.2) is 13.2 Å². The molecule has 3 atom stereocenters. The minimum absolute atomic E-state index is 0.154. The predicted octanol–water partition coefficient (Wildman–Crippen LogP) is 3.40. The van der Waals surface area contributed by atoms with E-state index >= 15 is 0 Å². The Hall–Kier alpha value is -2.22. The topological polar surface area (TPSA) is 72.9 Å². The van der Waals surface area contributed by atoms with Crippen LogP contribution in [0.1, 0.15) is 42.8 Å². The highest BCUT2D eigenvalue weighted by Crippen LogP contribution is 2.23. The summed E-state index contributed by atoms with van der Waals surface area (Å²) in [5, 5.41) is 0. The first-order chi connectivity index (χ1) is 13.3. The van der Waals surface area contributed by atoms with Crippen molar-refractivity contribution in [1.29, 1.82) is 0 Å². The first kappa shape index (κ1) is 20.5. The van der Waals surface area contributed by atoms with Crippen molar-refractivity contribution in [3.63, 3.8) is 0 Å². The van der Waals surface area contributed by atoms with E-state index in [9.17, 15) is 13.2 Å². The zero-order chi connectivity index (χ0) is 20.3. The highest BCUT2D eigenvalue weighted by atomic mass is 32.2. The molecule has 3 unspecified atom stereocenters. The van der Waals surface area contributed by atoms with Crippen molar-refractivity contribution in [2.24, 2.45) is 0 Å². The zero-order valence-corrected chi connectivity index (χ0v) is 17.1. The van der Waals surface area contributed by atoms with Crippen LogP contribution in [-0.2, 0) is 19.5 Å². The van der Waals surface area contributed by atoms with Crippen molar-refractivity contribution in [1.82, 2.24) is 4.31 Å². The van der Waals surface area contributed by atoms with Gasteiger partial charge in [0.15, 0.2) is 0 Å². The van der Waals surface area contributed by atoms with E-state index in [0.29, 0.717) is 18.7 Å². The van der Waals surface area contributed by atoms with Gasteiger partial charge in [0.2, 0.25) is 10.0 Å². The maximum absolute atomic E-state index is 12.9. The Morgan fingerprint density at radius 1 is 1.04 bits per heavy atom. The molecule has 6 nitrogen and oxygen atoms in total. The third-order valence-corrected chi connectivity index (χ3v) is 6.51. The second kappa shape index (κ2) is 8.43. The van der Waals surface area contributed by atoms with E-state index in [4.69, 9.17) is 9.47 Å². The highest BCUT2D eigenvalue weighted by Gasteiger charge is 2.32. The van der Waals surface area contributed by atoms with Gasteiger partial charge < -0.3 is 9.47 Å². The van der Waals surface area contributed by atoms with Gasteiger partial charge in [0.1, 0.15) is 6.10 Å². The molecule has 0 N–H and O–H groups in total. The van der Waals surface area contributed by atoms with Gasteiger partial charge in [-0.15, -0.1) is 0 Å². The fourth-order valence-corrected chi connectivity index (χ4v) is 4.85. The van der Waals surface area contributed by atoms with Gasteiger partial charge in [0.25, 0.3) is 0 Å². The summed E-state index contributed by atoms with van der Waals surface area (Å²) in [4.78, 5) is 12.5. The Kier molecular flexibility index (Phi) is 6.17. The van der Waals surface area contributed by atoms with Crippen molar-refractivity contribution in [2.45, 2.75) is 44.0 Å². The zero-order valence-electron chi connectivity index (χ0n) is 16.2. The quantitative estimate of drug-likeness (QED) is 0.716. The van der Waals surface area contributed by atoms with Crippen molar-refractivity contribution in [2.75, 3.05) is 13.1 Å². The molecule has 0 amide bonds. The SMILES string of the molecule is CC1CN(S(=O)(=O)c2ccc(C(=O)OC(C)c3ccccc3)cc2)CC(C)O1. The molecule has 1 fully saturated rings. The molecule has 0 radical (unpaired) electrons. The molecule has 1 heterocycles. The summed E-state index contributed by atoms with van der Waals surface area (Å²) in [6.45, 7) is 6.12. The summed E-state index contributed by atoms with van der Waals surface area (Å²) in [6, 6.07) is 15.3. The minimum Gasteiger partial charge on any atom is -0.454 e. The number of benzene rings is 2. The van der Waals surface area contributed by atoms with Crippen molar-refractivity contribution < 1.29 is 22.7 Å². The van der Waals surface area contributed by atoms with Crippen LogP contribution < -0.4 is 0 Å². The molecule has 1 aliphatic rings. The van der Waals surface area contributed by atoms with E-state index in [2.05, 4.69) is 0 Å². The summed E-state index contributed by atoms with van der Waals surface area (Å²) in [6.07, 6.45) is -0.715. The van der Waals surface area contributed by atoms with Crippen LogP contribution in [-0.4, -0.2) is 44.0 Å². The molecule has 3 rings (SSSR count). The normalized spacial score (nSPS) is 21.8. The summed E-state index contributed by atoms with van der Waals surface area (Å²) in [5.41, 5.74) is 1.20. The van der Waals surface area contributed by atoms with Crippen molar-refractivity contribution in [3.05, 3.63) is 65.7 Å². The standard InChI is InChI=1S/C21H25NO5S/c1-15-13-22(14-16(2)26-15)28(24,25)20-11-9-19(10-12-20)21(23)27-17(3)18-7-5-4-6-8-18/h4-12,15-17H,13-14H2,1-3H3. The van der Waals surface area contributed by atoms with Crippen LogP contribution in [0.2, 0.25) is 0 Å². The number of carbonyl (C=O) groups is 1. The second-order valence-electron chi connectivity index (χ2n) is 7.06. The van der Waals surface area contributed by atoms with E-state index in [1.165, 1.54) is 28.6 Å². The Bertz CT molecular complexity index is 902. The number of carbonyl (C=O) groups excluding carboxylic acids is 1. The number of hydrogen-bond donors (Lipinski definition) is 0. The van der Waals surface area contributed by atoms with Gasteiger partial charge in [-0.1, -0.05) is 30.3 Å². The van der Waals surface area contributed by atoms with Gasteiger partial charge in [-0.2, -0.15) is 4.31 Å². The van der Waals surface area contributed by atoms with Gasteiger partial charge in [0, 0.05) is 13.1 Å². The molecular weight excluding hydrogens is 378 g/mol. The average Bonchev–Trinajstić information content (AvgIpc) is 2.68. The first-order valence-electron chi connectivity index (χ1n) is 9.29. The Morgan fingerprint density at radius 2 is 1.61 bits per heavy atom. The molecule has 1 saturated heterocycles. The molecule has 7 heteroatoms. The third-order valence-electron chi connectivity index (χ3n) is 4.67. The number of morpholine rings is 1. The van der Waals surface area contributed by atoms with Gasteiger partial charge in [-0.3, -0.25) is 0 Å². The first-order valence-corrected chi connectivity index (χ1v) is 10.7. The molecule has 150 valence electrons. The molecule has 2 aromatic carbocycles. The smallest absolute Gasteiger partial charge is 0.338 e. The van der Waals surface area contributed by atoms with E-state index in [0.717, 1.165) is 5.56 Å². The molecule has 0 aliphatic carbocycles. The molecule has 0 saturated carbocycles. The maximum atomic E-state index is 12.9. The van der Waals surface area contributed by atoms with Crippen molar-refractivity contribution in [3.8, 4) is 0 Å². The lowest BCUT2D eigenvalue weighted by molar-refractivity contribution is -0.0440. The van der Waals surface area contributed by atoms with E-state index < -0.39 is 22.1 Å². The van der Waals surface area contributed by atoms with Gasteiger partial charge >= 0.3 is 5.97 Å². The van der Waals surface area contributed by atoms with Crippen LogP contribution in [0.25, 0.3) is 0 Å². The summed E-state index contributed by atoms with van der Waals surface area (Å²) >= 11 is 0. The average molecular weight is 404 g/mol. The monoisotopic (exact) mass is 403 g/mol. The van der Waals surface area contributed by atoms with E-state index in [1.807, 2.05) is 44.2 Å². The number of ether oxygens (including phenoxy) is 2. The van der Waals surface area contributed by atoms with Crippen LogP contribution in [0.5, 0.6) is 0 Å². The summed E-state index contributed by atoms with van der Waals surface area (Å²) in [7, 11) is -3.64. The number of esters is 1. The largest absolute Gasteiger partial charge is 0.454 e. The van der Waals surface area contributed by atoms with Gasteiger partial charge in [0.05, 0.1) is 22.7 Å². The summed E-state index contributed by atoms with van der Waals surface area (Å²) in [5.74, 6) is -0.492. The molecule has 0 bridgehead atoms. The number of sulfonamides is 1. The number of nitrogens with zero attached hydrogens (tertiary/aromatic N) is 1. The second-order valence-corrected chi connectivity index (χ2v) is 9.00. The van der Waals surface area contributed by atoms with Crippen molar-refractivity contribution >= 4 is 16.0 Å². The lowest BCUT2D eigenvalue weighted by Gasteiger charge is -2.34. The van der Waals surface area contributed by atoms with Crippen LogP contribution in [0.15, 0.2) is 59.5 Å². The predicted molar refractivity (Wildman–Crippen MR) is 105 cm³/mol. The lowest BCUT2D eigenvalue weighted by atomic mass is 10.1. The van der Waals surface area contributed by atoms with Gasteiger partial charge in [-0.05, 0) is 50.6 Å². The molecular formula is C21H25NO5S. The molecule has 0 spiro atoms. The fraction of sp³-hybridized carbons (Fsp3) is 0.381. The van der Waals surface area contributed by atoms with Crippen LogP contribution in [0.3, 0.4) is 0 Å². The Morgan fingerprint density at radius 3 is 2.18 bits per heavy atom. The van der Waals surface area contributed by atoms with Crippen LogP contribution >= 0.6 is 0 Å². The van der Waals surface area contributed by atoms with Crippen LogP contribution in [0.4, 0.5) is 0 Å². The molecule has 28 heavy (non-hydrogen) atoms. The highest BCUT2D eigenvalue weighted by molar-refractivity contribution is 7.89. The molecule has 0 aromatic heterocycles. The van der Waals surface area contributed by atoms with Crippen LogP contribution in [0, 0.1) is 0 Å². The summed E-state index contributed by atoms with van der Waals surface area (Å²) < 4.78 is 38.3. The Balaban J connectivity index is 1.71. The molecule has 2 aromatic rings. The number of rotatable bonds is 5. The molecule has 1 aliphatic heterocycles. The van der Waals surface area contributed by atoms with E-state index in [-0.39, 0.29) is 17.1 Å².